The van der Waals surface area contributed by atoms with Crippen molar-refractivity contribution < 1.29 is 4.79 Å². The molecule has 2 aromatic rings. The van der Waals surface area contributed by atoms with Crippen molar-refractivity contribution in [2.75, 3.05) is 5.32 Å². The van der Waals surface area contributed by atoms with Crippen molar-refractivity contribution in [2.24, 2.45) is 0 Å². The predicted molar refractivity (Wildman–Crippen MR) is 64.6 cm³/mol. The molecule has 3 rings (SSSR count). The summed E-state index contributed by atoms with van der Waals surface area (Å²) >= 11 is 1.63. The minimum absolute atomic E-state index is 0.0206. The average Bonchev–Trinajstić information content (AvgIpc) is 2.82. The Morgan fingerprint density at radius 2 is 1.94 bits per heavy atom. The number of thiophene rings is 1. The largest absolute Gasteiger partial charge is 0.360 e. The van der Waals surface area contributed by atoms with E-state index in [1.165, 1.54) is 0 Å². The molecule has 0 aliphatic carbocycles. The smallest absolute Gasteiger partial charge is 0.255 e. The monoisotopic (exact) mass is 230 g/mol. The molecule has 1 aromatic carbocycles. The Bertz CT molecular complexity index is 522. The zero-order chi connectivity index (χ0) is 11.0. The van der Waals surface area contributed by atoms with Crippen molar-refractivity contribution in [1.82, 2.24) is 5.32 Å². The van der Waals surface area contributed by atoms with Crippen LogP contribution in [0.25, 0.3) is 0 Å². The van der Waals surface area contributed by atoms with Gasteiger partial charge in [0.25, 0.3) is 5.91 Å². The highest BCUT2D eigenvalue weighted by molar-refractivity contribution is 7.10. The molecule has 1 atom stereocenters. The predicted octanol–water partition coefficient (Wildman–Crippen LogP) is 2.60. The number of rotatable bonds is 1. The number of para-hydroxylation sites is 1. The summed E-state index contributed by atoms with van der Waals surface area (Å²) in [6, 6.07) is 11.5. The Morgan fingerprint density at radius 3 is 2.75 bits per heavy atom. The van der Waals surface area contributed by atoms with Crippen molar-refractivity contribution in [3.05, 3.63) is 52.2 Å². The number of carbonyl (C=O) groups excluding carboxylic acids is 1. The molecule has 2 heterocycles. The van der Waals surface area contributed by atoms with Gasteiger partial charge in [-0.25, -0.2) is 0 Å². The van der Waals surface area contributed by atoms with Gasteiger partial charge in [-0.15, -0.1) is 11.3 Å². The third-order valence-corrected chi connectivity index (χ3v) is 3.51. The second kappa shape index (κ2) is 3.64. The number of amides is 1. The van der Waals surface area contributed by atoms with Gasteiger partial charge in [-0.1, -0.05) is 18.2 Å². The normalized spacial score (nSPS) is 18.5. The SMILES string of the molecule is O=C1N[C@@H](c2cccs2)Nc2ccccc21. The van der Waals surface area contributed by atoms with Gasteiger partial charge in [0.15, 0.2) is 0 Å². The third kappa shape index (κ3) is 1.47. The van der Waals surface area contributed by atoms with Gasteiger partial charge in [-0.3, -0.25) is 4.79 Å². The molecule has 1 aliphatic rings. The summed E-state index contributed by atoms with van der Waals surface area (Å²) in [6.07, 6.45) is -0.109. The second-order valence-corrected chi connectivity index (χ2v) is 4.59. The molecule has 80 valence electrons. The number of hydrogen-bond donors (Lipinski definition) is 2. The number of benzene rings is 1. The van der Waals surface area contributed by atoms with Gasteiger partial charge in [0.05, 0.1) is 5.56 Å². The van der Waals surface area contributed by atoms with E-state index in [0.29, 0.717) is 5.56 Å². The van der Waals surface area contributed by atoms with E-state index in [0.717, 1.165) is 10.6 Å². The van der Waals surface area contributed by atoms with Crippen LogP contribution in [0.3, 0.4) is 0 Å². The Hall–Kier alpha value is -1.81. The Morgan fingerprint density at radius 1 is 1.06 bits per heavy atom. The summed E-state index contributed by atoms with van der Waals surface area (Å²) in [5.41, 5.74) is 1.60. The fourth-order valence-corrected chi connectivity index (χ4v) is 2.53. The van der Waals surface area contributed by atoms with Crippen LogP contribution in [0.4, 0.5) is 5.69 Å². The summed E-state index contributed by atoms with van der Waals surface area (Å²) < 4.78 is 0. The van der Waals surface area contributed by atoms with E-state index in [-0.39, 0.29) is 12.1 Å². The first-order valence-electron chi connectivity index (χ1n) is 5.04. The zero-order valence-electron chi connectivity index (χ0n) is 8.44. The lowest BCUT2D eigenvalue weighted by molar-refractivity contribution is 0.0936. The molecule has 1 aliphatic heterocycles. The standard InChI is InChI=1S/C12H10N2OS/c15-12-8-4-1-2-5-9(8)13-11(14-12)10-6-3-7-16-10/h1-7,11,13H,(H,14,15)/t11-/m0/s1. The van der Waals surface area contributed by atoms with E-state index < -0.39 is 0 Å². The van der Waals surface area contributed by atoms with E-state index >= 15 is 0 Å². The van der Waals surface area contributed by atoms with Crippen LogP contribution in [-0.2, 0) is 0 Å². The van der Waals surface area contributed by atoms with Crippen LogP contribution in [0.5, 0.6) is 0 Å². The van der Waals surface area contributed by atoms with Crippen molar-refractivity contribution in [3.8, 4) is 0 Å². The Kier molecular flexibility index (Phi) is 2.15. The Labute approximate surface area is 97.1 Å². The van der Waals surface area contributed by atoms with Gasteiger partial charge in [-0.2, -0.15) is 0 Å². The number of carbonyl (C=O) groups is 1. The van der Waals surface area contributed by atoms with Gasteiger partial charge in [0.1, 0.15) is 6.17 Å². The lowest BCUT2D eigenvalue weighted by Gasteiger charge is -2.26. The summed E-state index contributed by atoms with van der Waals surface area (Å²) in [5.74, 6) is -0.0206. The van der Waals surface area contributed by atoms with Crippen LogP contribution >= 0.6 is 11.3 Å². The van der Waals surface area contributed by atoms with Crippen LogP contribution in [0, 0.1) is 0 Å². The molecule has 0 bridgehead atoms. The van der Waals surface area contributed by atoms with Crippen LogP contribution in [0.15, 0.2) is 41.8 Å². The molecular weight excluding hydrogens is 220 g/mol. The first kappa shape index (κ1) is 9.42. The van der Waals surface area contributed by atoms with Gasteiger partial charge >= 0.3 is 0 Å². The summed E-state index contributed by atoms with van der Waals surface area (Å²) in [5, 5.41) is 8.25. The third-order valence-electron chi connectivity index (χ3n) is 2.57. The lowest BCUT2D eigenvalue weighted by Crippen LogP contribution is -2.37. The molecule has 0 radical (unpaired) electrons. The van der Waals surface area contributed by atoms with Crippen molar-refractivity contribution in [2.45, 2.75) is 6.17 Å². The van der Waals surface area contributed by atoms with Crippen molar-refractivity contribution in [3.63, 3.8) is 0 Å². The quantitative estimate of drug-likeness (QED) is 0.790. The minimum atomic E-state index is -0.109. The average molecular weight is 230 g/mol. The molecule has 1 amide bonds. The molecule has 0 unspecified atom stereocenters. The highest BCUT2D eigenvalue weighted by atomic mass is 32.1. The lowest BCUT2D eigenvalue weighted by atomic mass is 10.1. The maximum atomic E-state index is 11.8. The van der Waals surface area contributed by atoms with E-state index in [9.17, 15) is 4.79 Å². The fraction of sp³-hybridized carbons (Fsp3) is 0.0833. The molecule has 4 heteroatoms. The summed E-state index contributed by atoms with van der Waals surface area (Å²) in [4.78, 5) is 13.0. The second-order valence-electron chi connectivity index (χ2n) is 3.61. The molecule has 2 N–H and O–H groups in total. The molecule has 3 nitrogen and oxygen atoms in total. The molecule has 0 saturated carbocycles. The molecule has 0 saturated heterocycles. The van der Waals surface area contributed by atoms with E-state index in [4.69, 9.17) is 0 Å². The van der Waals surface area contributed by atoms with Gasteiger partial charge in [0.2, 0.25) is 0 Å². The van der Waals surface area contributed by atoms with Gasteiger partial charge in [0, 0.05) is 10.6 Å². The van der Waals surface area contributed by atoms with Crippen molar-refractivity contribution >= 4 is 22.9 Å². The molecular formula is C12H10N2OS. The van der Waals surface area contributed by atoms with Crippen LogP contribution in [0.2, 0.25) is 0 Å². The number of anilines is 1. The first-order chi connectivity index (χ1) is 7.84. The molecule has 0 fully saturated rings. The van der Waals surface area contributed by atoms with Gasteiger partial charge < -0.3 is 10.6 Å². The minimum Gasteiger partial charge on any atom is -0.360 e. The number of hydrogen-bond acceptors (Lipinski definition) is 3. The molecule has 0 spiro atoms. The highest BCUT2D eigenvalue weighted by Gasteiger charge is 2.24. The van der Waals surface area contributed by atoms with Crippen LogP contribution in [-0.4, -0.2) is 5.91 Å². The zero-order valence-corrected chi connectivity index (χ0v) is 9.25. The van der Waals surface area contributed by atoms with Crippen molar-refractivity contribution in [1.29, 1.82) is 0 Å². The summed E-state index contributed by atoms with van der Waals surface area (Å²) in [6.45, 7) is 0. The number of fused-ring (bicyclic) bond motifs is 1. The maximum Gasteiger partial charge on any atom is 0.255 e. The van der Waals surface area contributed by atoms with Crippen LogP contribution in [0.1, 0.15) is 21.4 Å². The van der Waals surface area contributed by atoms with E-state index in [1.54, 1.807) is 11.3 Å². The van der Waals surface area contributed by atoms with Crippen LogP contribution < -0.4 is 10.6 Å². The highest BCUT2D eigenvalue weighted by Crippen LogP contribution is 2.28. The van der Waals surface area contributed by atoms with E-state index in [2.05, 4.69) is 10.6 Å². The maximum absolute atomic E-state index is 11.8. The molecule has 16 heavy (non-hydrogen) atoms. The topological polar surface area (TPSA) is 41.1 Å². The van der Waals surface area contributed by atoms with Gasteiger partial charge in [-0.05, 0) is 23.6 Å². The number of nitrogens with one attached hydrogen (secondary N) is 2. The molecule has 1 aromatic heterocycles. The Balaban J connectivity index is 1.98. The first-order valence-corrected chi connectivity index (χ1v) is 5.92. The fourth-order valence-electron chi connectivity index (χ4n) is 1.81. The summed E-state index contributed by atoms with van der Waals surface area (Å²) in [7, 11) is 0. The van der Waals surface area contributed by atoms with E-state index in [1.807, 2.05) is 41.8 Å².